The predicted molar refractivity (Wildman–Crippen MR) is 75.4 cm³/mol. The van der Waals surface area contributed by atoms with Gasteiger partial charge < -0.3 is 14.6 Å². The molecule has 0 radical (unpaired) electrons. The maximum Gasteiger partial charge on any atom is 0.142 e. The summed E-state index contributed by atoms with van der Waals surface area (Å²) in [6, 6.07) is 2.03. The number of ether oxygens (including phenoxy) is 1. The third kappa shape index (κ3) is 2.71. The van der Waals surface area contributed by atoms with Crippen LogP contribution in [0.25, 0.3) is 11.0 Å². The van der Waals surface area contributed by atoms with Crippen molar-refractivity contribution in [2.45, 2.75) is 31.8 Å². The summed E-state index contributed by atoms with van der Waals surface area (Å²) in [6.07, 6.45) is 8.69. The number of nitrogens with zero attached hydrogens (tertiary/aromatic N) is 3. The van der Waals surface area contributed by atoms with Crippen LogP contribution in [-0.2, 0) is 4.74 Å². The van der Waals surface area contributed by atoms with Gasteiger partial charge in [0.05, 0.1) is 11.5 Å². The highest BCUT2D eigenvalue weighted by molar-refractivity contribution is 5.87. The molecule has 1 atom stereocenters. The van der Waals surface area contributed by atoms with Crippen molar-refractivity contribution in [3.63, 3.8) is 0 Å². The van der Waals surface area contributed by atoms with Crippen LogP contribution in [-0.4, -0.2) is 41.3 Å². The molecule has 1 N–H and O–H groups in total. The molecule has 102 valence electrons. The fourth-order valence-electron chi connectivity index (χ4n) is 2.64. The van der Waals surface area contributed by atoms with Gasteiger partial charge in [0.2, 0.25) is 0 Å². The minimum absolute atomic E-state index is 0.416. The van der Waals surface area contributed by atoms with Gasteiger partial charge in [-0.2, -0.15) is 0 Å². The van der Waals surface area contributed by atoms with Gasteiger partial charge in [-0.1, -0.05) is 0 Å². The Labute approximate surface area is 113 Å². The van der Waals surface area contributed by atoms with E-state index in [0.29, 0.717) is 6.10 Å². The van der Waals surface area contributed by atoms with Crippen molar-refractivity contribution in [2.75, 3.05) is 25.1 Å². The van der Waals surface area contributed by atoms with E-state index in [1.807, 2.05) is 12.3 Å². The number of hydrogen-bond acceptors (Lipinski definition) is 4. The molecular formula is C14H20N4O. The number of anilines is 1. The second kappa shape index (κ2) is 5.57. The van der Waals surface area contributed by atoms with Gasteiger partial charge in [0.1, 0.15) is 17.8 Å². The van der Waals surface area contributed by atoms with Gasteiger partial charge in [-0.3, -0.25) is 0 Å². The van der Waals surface area contributed by atoms with Crippen molar-refractivity contribution in [3.8, 4) is 0 Å². The van der Waals surface area contributed by atoms with Gasteiger partial charge in [0, 0.05) is 26.4 Å². The molecule has 0 amide bonds. The predicted octanol–water partition coefficient (Wildman–Crippen LogP) is 2.35. The zero-order valence-electron chi connectivity index (χ0n) is 11.3. The van der Waals surface area contributed by atoms with Gasteiger partial charge in [-0.15, -0.1) is 0 Å². The van der Waals surface area contributed by atoms with E-state index in [0.717, 1.165) is 36.4 Å². The standard InChI is InChI=1S/C14H20N4O/c1-18(8-6-11-4-2-3-9-19-11)14-12-5-7-15-13(12)16-10-17-14/h5,7,10-11H,2-4,6,8-9H2,1H3,(H,15,16,17). The molecule has 2 aromatic rings. The van der Waals surface area contributed by atoms with Crippen molar-refractivity contribution in [1.82, 2.24) is 15.0 Å². The average Bonchev–Trinajstić information content (AvgIpc) is 2.94. The van der Waals surface area contributed by atoms with E-state index in [2.05, 4.69) is 26.9 Å². The summed E-state index contributed by atoms with van der Waals surface area (Å²) in [5.74, 6) is 0.988. The Kier molecular flexibility index (Phi) is 3.64. The lowest BCUT2D eigenvalue weighted by Gasteiger charge is -2.25. The Balaban J connectivity index is 1.66. The van der Waals surface area contributed by atoms with E-state index in [-0.39, 0.29) is 0 Å². The SMILES string of the molecule is CN(CCC1CCCCO1)c1ncnc2[nH]ccc12. The summed E-state index contributed by atoms with van der Waals surface area (Å²) in [5.41, 5.74) is 0.894. The molecule has 5 heteroatoms. The van der Waals surface area contributed by atoms with Crippen LogP contribution in [0.2, 0.25) is 0 Å². The molecule has 1 aliphatic heterocycles. The Morgan fingerprint density at radius 2 is 2.37 bits per heavy atom. The molecule has 1 unspecified atom stereocenters. The summed E-state index contributed by atoms with van der Waals surface area (Å²) in [6.45, 7) is 1.88. The highest BCUT2D eigenvalue weighted by Gasteiger charge is 2.16. The van der Waals surface area contributed by atoms with Gasteiger partial charge in [-0.05, 0) is 31.7 Å². The average molecular weight is 260 g/mol. The largest absolute Gasteiger partial charge is 0.378 e. The number of hydrogen-bond donors (Lipinski definition) is 1. The molecule has 2 aromatic heterocycles. The lowest BCUT2D eigenvalue weighted by atomic mass is 10.1. The fourth-order valence-corrected chi connectivity index (χ4v) is 2.64. The van der Waals surface area contributed by atoms with Crippen LogP contribution in [0.3, 0.4) is 0 Å². The first kappa shape index (κ1) is 12.4. The summed E-state index contributed by atoms with van der Waals surface area (Å²) >= 11 is 0. The minimum atomic E-state index is 0.416. The van der Waals surface area contributed by atoms with Gasteiger partial charge in [0.15, 0.2) is 0 Å². The van der Waals surface area contributed by atoms with E-state index in [4.69, 9.17) is 4.74 Å². The molecule has 1 aliphatic rings. The molecule has 1 fully saturated rings. The Morgan fingerprint density at radius 1 is 1.42 bits per heavy atom. The Morgan fingerprint density at radius 3 is 3.21 bits per heavy atom. The zero-order chi connectivity index (χ0) is 13.1. The maximum absolute atomic E-state index is 5.77. The first-order valence-electron chi connectivity index (χ1n) is 6.95. The number of rotatable bonds is 4. The van der Waals surface area contributed by atoms with Crippen molar-refractivity contribution in [1.29, 1.82) is 0 Å². The molecule has 3 rings (SSSR count). The Bertz CT molecular complexity index is 533. The summed E-state index contributed by atoms with van der Waals surface area (Å²) in [7, 11) is 2.08. The summed E-state index contributed by atoms with van der Waals surface area (Å²) in [5, 5.41) is 1.08. The van der Waals surface area contributed by atoms with E-state index in [1.54, 1.807) is 6.33 Å². The smallest absolute Gasteiger partial charge is 0.142 e. The van der Waals surface area contributed by atoms with Crippen molar-refractivity contribution >= 4 is 16.9 Å². The lowest BCUT2D eigenvalue weighted by molar-refractivity contribution is 0.0127. The first-order chi connectivity index (χ1) is 9.34. The van der Waals surface area contributed by atoms with Crippen molar-refractivity contribution in [3.05, 3.63) is 18.6 Å². The highest BCUT2D eigenvalue weighted by atomic mass is 16.5. The third-order valence-corrected chi connectivity index (χ3v) is 3.75. The van der Waals surface area contributed by atoms with Gasteiger partial charge >= 0.3 is 0 Å². The normalized spacial score (nSPS) is 19.7. The molecule has 0 aromatic carbocycles. The van der Waals surface area contributed by atoms with Gasteiger partial charge in [-0.25, -0.2) is 9.97 Å². The molecule has 0 spiro atoms. The van der Waals surface area contributed by atoms with E-state index < -0.39 is 0 Å². The minimum Gasteiger partial charge on any atom is -0.378 e. The van der Waals surface area contributed by atoms with E-state index >= 15 is 0 Å². The van der Waals surface area contributed by atoms with Crippen LogP contribution >= 0.6 is 0 Å². The number of nitrogens with one attached hydrogen (secondary N) is 1. The van der Waals surface area contributed by atoms with Crippen LogP contribution in [0.4, 0.5) is 5.82 Å². The number of H-pyrrole nitrogens is 1. The van der Waals surface area contributed by atoms with Gasteiger partial charge in [0.25, 0.3) is 0 Å². The summed E-state index contributed by atoms with van der Waals surface area (Å²) < 4.78 is 5.77. The van der Waals surface area contributed by atoms with Crippen LogP contribution in [0.1, 0.15) is 25.7 Å². The van der Waals surface area contributed by atoms with Crippen molar-refractivity contribution < 1.29 is 4.74 Å². The molecule has 0 bridgehead atoms. The monoisotopic (exact) mass is 260 g/mol. The quantitative estimate of drug-likeness (QED) is 0.917. The van der Waals surface area contributed by atoms with Crippen LogP contribution in [0, 0.1) is 0 Å². The number of aromatic amines is 1. The topological polar surface area (TPSA) is 54.0 Å². The summed E-state index contributed by atoms with van der Waals surface area (Å²) in [4.78, 5) is 13.9. The Hall–Kier alpha value is -1.62. The molecule has 5 nitrogen and oxygen atoms in total. The van der Waals surface area contributed by atoms with Crippen molar-refractivity contribution in [2.24, 2.45) is 0 Å². The van der Waals surface area contributed by atoms with Crippen LogP contribution < -0.4 is 4.90 Å². The number of fused-ring (bicyclic) bond motifs is 1. The molecule has 0 aliphatic carbocycles. The molecule has 0 saturated carbocycles. The lowest BCUT2D eigenvalue weighted by Crippen LogP contribution is -2.27. The second-order valence-corrected chi connectivity index (χ2v) is 5.14. The van der Waals surface area contributed by atoms with E-state index in [1.165, 1.54) is 19.3 Å². The second-order valence-electron chi connectivity index (χ2n) is 5.14. The number of aromatic nitrogens is 3. The molecule has 1 saturated heterocycles. The fraction of sp³-hybridized carbons (Fsp3) is 0.571. The van der Waals surface area contributed by atoms with E-state index in [9.17, 15) is 0 Å². The highest BCUT2D eigenvalue weighted by Crippen LogP contribution is 2.22. The third-order valence-electron chi connectivity index (χ3n) is 3.75. The van der Waals surface area contributed by atoms with Crippen LogP contribution in [0.15, 0.2) is 18.6 Å². The van der Waals surface area contributed by atoms with Crippen LogP contribution in [0.5, 0.6) is 0 Å². The molecule has 3 heterocycles. The maximum atomic E-state index is 5.77. The zero-order valence-corrected chi connectivity index (χ0v) is 11.3. The molecular weight excluding hydrogens is 240 g/mol. The first-order valence-corrected chi connectivity index (χ1v) is 6.95. The molecule has 19 heavy (non-hydrogen) atoms.